The molecule has 90 valence electrons. The second kappa shape index (κ2) is 4.67. The second-order valence-corrected chi connectivity index (χ2v) is 4.40. The maximum Gasteiger partial charge on any atom is 0.243 e. The first-order valence-corrected chi connectivity index (χ1v) is 5.68. The number of imide groups is 1. The number of hydrogen-bond acceptors (Lipinski definition) is 3. The lowest BCUT2D eigenvalue weighted by molar-refractivity contribution is -0.147. The molecule has 1 N–H and O–H groups in total. The molecule has 4 nitrogen and oxygen atoms in total. The molecule has 0 bridgehead atoms. The summed E-state index contributed by atoms with van der Waals surface area (Å²) in [6.45, 7) is 4.94. The van der Waals surface area contributed by atoms with Crippen LogP contribution in [0.2, 0.25) is 0 Å². The van der Waals surface area contributed by atoms with Crippen LogP contribution >= 0.6 is 0 Å². The van der Waals surface area contributed by atoms with Gasteiger partial charge in [0, 0.05) is 0 Å². The van der Waals surface area contributed by atoms with Crippen molar-refractivity contribution in [2.75, 3.05) is 13.1 Å². The van der Waals surface area contributed by atoms with Crippen LogP contribution < -0.4 is 5.32 Å². The molecule has 0 atom stereocenters. The van der Waals surface area contributed by atoms with Crippen molar-refractivity contribution >= 4 is 11.8 Å². The molecule has 0 spiro atoms. The van der Waals surface area contributed by atoms with Crippen LogP contribution in [-0.2, 0) is 16.1 Å². The molecule has 1 fully saturated rings. The largest absolute Gasteiger partial charge is 0.300 e. The number of nitrogens with one attached hydrogen (secondary N) is 1. The van der Waals surface area contributed by atoms with E-state index in [-0.39, 0.29) is 24.9 Å². The topological polar surface area (TPSA) is 49.4 Å². The van der Waals surface area contributed by atoms with Gasteiger partial charge in [-0.25, -0.2) is 0 Å². The van der Waals surface area contributed by atoms with Crippen molar-refractivity contribution < 1.29 is 9.59 Å². The summed E-state index contributed by atoms with van der Waals surface area (Å²) in [5.41, 5.74) is 3.39. The van der Waals surface area contributed by atoms with Crippen LogP contribution in [0.5, 0.6) is 0 Å². The summed E-state index contributed by atoms with van der Waals surface area (Å²) < 4.78 is 0. The average molecular weight is 232 g/mol. The molecule has 0 aromatic heterocycles. The Labute approximate surface area is 101 Å². The number of carbonyl (C=O) groups is 2. The Kier molecular flexibility index (Phi) is 3.24. The third-order valence-electron chi connectivity index (χ3n) is 3.07. The van der Waals surface area contributed by atoms with Crippen molar-refractivity contribution in [3.8, 4) is 0 Å². The summed E-state index contributed by atoms with van der Waals surface area (Å²) in [6.07, 6.45) is 0. The predicted octanol–water partition coefficient (Wildman–Crippen LogP) is 0.762. The average Bonchev–Trinajstić information content (AvgIpc) is 2.28. The number of carbonyl (C=O) groups excluding carboxylic acids is 2. The molecule has 1 saturated heterocycles. The molecule has 17 heavy (non-hydrogen) atoms. The lowest BCUT2D eigenvalue weighted by atomic mass is 10.1. The van der Waals surface area contributed by atoms with Crippen molar-refractivity contribution in [2.24, 2.45) is 0 Å². The van der Waals surface area contributed by atoms with Crippen LogP contribution in [0, 0.1) is 13.8 Å². The van der Waals surface area contributed by atoms with E-state index >= 15 is 0 Å². The van der Waals surface area contributed by atoms with Crippen LogP contribution in [0.15, 0.2) is 18.2 Å². The van der Waals surface area contributed by atoms with E-state index in [1.54, 1.807) is 0 Å². The summed E-state index contributed by atoms with van der Waals surface area (Å²) in [5, 5.41) is 2.78. The third-order valence-corrected chi connectivity index (χ3v) is 3.07. The fourth-order valence-electron chi connectivity index (χ4n) is 1.87. The predicted molar refractivity (Wildman–Crippen MR) is 64.3 cm³/mol. The summed E-state index contributed by atoms with van der Waals surface area (Å²) in [5.74, 6) is -0.307. The van der Waals surface area contributed by atoms with Crippen LogP contribution in [0.3, 0.4) is 0 Å². The number of rotatable bonds is 2. The zero-order chi connectivity index (χ0) is 12.4. The summed E-state index contributed by atoms with van der Waals surface area (Å²) >= 11 is 0. The molecule has 1 aliphatic rings. The van der Waals surface area contributed by atoms with Gasteiger partial charge in [-0.2, -0.15) is 0 Å². The fourth-order valence-corrected chi connectivity index (χ4v) is 1.87. The van der Waals surface area contributed by atoms with Crippen molar-refractivity contribution in [1.29, 1.82) is 0 Å². The first kappa shape index (κ1) is 11.8. The van der Waals surface area contributed by atoms with Gasteiger partial charge in [0.15, 0.2) is 0 Å². The Morgan fingerprint density at radius 1 is 1.12 bits per heavy atom. The third kappa shape index (κ3) is 2.53. The van der Waals surface area contributed by atoms with Crippen LogP contribution in [0.4, 0.5) is 0 Å². The van der Waals surface area contributed by atoms with Gasteiger partial charge < -0.3 is 0 Å². The normalized spacial score (nSPS) is 16.5. The minimum Gasteiger partial charge on any atom is -0.300 e. The minimum atomic E-state index is -0.153. The zero-order valence-corrected chi connectivity index (χ0v) is 10.1. The number of amides is 2. The molecule has 2 rings (SSSR count). The molecular weight excluding hydrogens is 216 g/mol. The molecule has 1 heterocycles. The molecule has 0 radical (unpaired) electrons. The van der Waals surface area contributed by atoms with E-state index in [1.165, 1.54) is 16.0 Å². The van der Waals surface area contributed by atoms with Gasteiger partial charge in [0.1, 0.15) is 0 Å². The van der Waals surface area contributed by atoms with Gasteiger partial charge >= 0.3 is 0 Å². The van der Waals surface area contributed by atoms with E-state index < -0.39 is 0 Å². The molecule has 4 heteroatoms. The minimum absolute atomic E-state index is 0.153. The van der Waals surface area contributed by atoms with Gasteiger partial charge in [-0.15, -0.1) is 0 Å². The number of nitrogens with zero attached hydrogens (tertiary/aromatic N) is 1. The van der Waals surface area contributed by atoms with E-state index in [1.807, 2.05) is 32.0 Å². The Balaban J connectivity index is 2.16. The molecule has 0 unspecified atom stereocenters. The van der Waals surface area contributed by atoms with E-state index in [4.69, 9.17) is 0 Å². The number of benzene rings is 1. The summed E-state index contributed by atoms with van der Waals surface area (Å²) in [6, 6.07) is 6.00. The quantitative estimate of drug-likeness (QED) is 0.766. The van der Waals surface area contributed by atoms with Gasteiger partial charge in [-0.1, -0.05) is 18.2 Å². The SMILES string of the molecule is Cc1ccc(CN2C(=O)CNCC2=O)cc1C. The van der Waals surface area contributed by atoms with E-state index in [9.17, 15) is 9.59 Å². The molecule has 1 aromatic rings. The van der Waals surface area contributed by atoms with Gasteiger partial charge in [0.25, 0.3) is 0 Å². The second-order valence-electron chi connectivity index (χ2n) is 4.40. The molecule has 2 amide bonds. The highest BCUT2D eigenvalue weighted by Crippen LogP contribution is 2.13. The number of aryl methyl sites for hydroxylation is 2. The van der Waals surface area contributed by atoms with Crippen molar-refractivity contribution in [1.82, 2.24) is 10.2 Å². The monoisotopic (exact) mass is 232 g/mol. The van der Waals surface area contributed by atoms with Crippen molar-refractivity contribution in [3.63, 3.8) is 0 Å². The maximum atomic E-state index is 11.6. The van der Waals surface area contributed by atoms with Gasteiger partial charge in [0.2, 0.25) is 11.8 Å². The van der Waals surface area contributed by atoms with E-state index in [0.29, 0.717) is 6.54 Å². The standard InChI is InChI=1S/C13H16N2O2/c1-9-3-4-11(5-10(9)2)8-15-12(16)6-14-7-13(15)17/h3-5,14H,6-8H2,1-2H3. The maximum absolute atomic E-state index is 11.6. The first-order chi connectivity index (χ1) is 8.08. The van der Waals surface area contributed by atoms with Crippen LogP contribution in [0.1, 0.15) is 16.7 Å². The number of hydrogen-bond donors (Lipinski definition) is 1. The summed E-state index contributed by atoms with van der Waals surface area (Å²) in [7, 11) is 0. The van der Waals surface area contributed by atoms with Crippen LogP contribution in [0.25, 0.3) is 0 Å². The highest BCUT2D eigenvalue weighted by molar-refractivity contribution is 5.99. The molecular formula is C13H16N2O2. The molecule has 1 aliphatic heterocycles. The lowest BCUT2D eigenvalue weighted by Gasteiger charge is -2.25. The zero-order valence-electron chi connectivity index (χ0n) is 10.1. The highest BCUT2D eigenvalue weighted by Gasteiger charge is 2.25. The Hall–Kier alpha value is -1.68. The first-order valence-electron chi connectivity index (χ1n) is 5.68. The Morgan fingerprint density at radius 3 is 2.35 bits per heavy atom. The van der Waals surface area contributed by atoms with Crippen molar-refractivity contribution in [3.05, 3.63) is 34.9 Å². The highest BCUT2D eigenvalue weighted by atomic mass is 16.2. The fraction of sp³-hybridized carbons (Fsp3) is 0.385. The van der Waals surface area contributed by atoms with Crippen molar-refractivity contribution in [2.45, 2.75) is 20.4 Å². The summed E-state index contributed by atoms with van der Waals surface area (Å²) in [4.78, 5) is 24.5. The van der Waals surface area contributed by atoms with Gasteiger partial charge in [0.05, 0.1) is 19.6 Å². The molecule has 0 saturated carbocycles. The van der Waals surface area contributed by atoms with Gasteiger partial charge in [-0.05, 0) is 30.5 Å². The molecule has 1 aromatic carbocycles. The van der Waals surface area contributed by atoms with E-state index in [2.05, 4.69) is 5.32 Å². The smallest absolute Gasteiger partial charge is 0.243 e. The Morgan fingerprint density at radius 2 is 1.76 bits per heavy atom. The Bertz CT molecular complexity index is 452. The molecule has 0 aliphatic carbocycles. The number of piperazine rings is 1. The van der Waals surface area contributed by atoms with Crippen LogP contribution in [-0.4, -0.2) is 29.8 Å². The van der Waals surface area contributed by atoms with Gasteiger partial charge in [-0.3, -0.25) is 19.8 Å². The lowest BCUT2D eigenvalue weighted by Crippen LogP contribution is -2.51. The van der Waals surface area contributed by atoms with E-state index in [0.717, 1.165) is 5.56 Å².